The van der Waals surface area contributed by atoms with Crippen molar-refractivity contribution < 1.29 is 9.18 Å². The lowest BCUT2D eigenvalue weighted by molar-refractivity contribution is 0.0965. The summed E-state index contributed by atoms with van der Waals surface area (Å²) in [7, 11) is 0. The first-order valence-corrected chi connectivity index (χ1v) is 9.07. The fraction of sp³-hybridized carbons (Fsp3) is 0.471. The molecule has 2 aromatic heterocycles. The van der Waals surface area contributed by atoms with Gasteiger partial charge in [-0.25, -0.2) is 14.4 Å². The van der Waals surface area contributed by atoms with E-state index in [1.807, 2.05) is 13.0 Å². The van der Waals surface area contributed by atoms with Crippen molar-refractivity contribution >= 4 is 23.1 Å². The highest BCUT2D eigenvalue weighted by atomic mass is 32.1. The van der Waals surface area contributed by atoms with Crippen LogP contribution in [0.1, 0.15) is 50.0 Å². The summed E-state index contributed by atoms with van der Waals surface area (Å²) in [6, 6.07) is 1.98. The molecule has 0 atom stereocenters. The molecule has 2 aromatic rings. The normalized spacial score (nSPS) is 20.6. The van der Waals surface area contributed by atoms with Crippen LogP contribution in [0.2, 0.25) is 0 Å². The van der Waals surface area contributed by atoms with E-state index in [9.17, 15) is 9.18 Å². The molecule has 1 aliphatic carbocycles. The molecule has 0 saturated heterocycles. The third-order valence-electron chi connectivity index (χ3n) is 5.05. The van der Waals surface area contributed by atoms with Gasteiger partial charge >= 0.3 is 0 Å². The van der Waals surface area contributed by atoms with Crippen LogP contribution in [0, 0.1) is 6.92 Å². The predicted octanol–water partition coefficient (Wildman–Crippen LogP) is 2.61. The van der Waals surface area contributed by atoms with E-state index in [1.165, 1.54) is 11.3 Å². The third kappa shape index (κ3) is 2.07. The number of aromatic nitrogens is 2. The fourth-order valence-corrected chi connectivity index (χ4v) is 4.74. The van der Waals surface area contributed by atoms with Gasteiger partial charge in [-0.05, 0) is 31.4 Å². The van der Waals surface area contributed by atoms with Gasteiger partial charge in [-0.1, -0.05) is 0 Å². The number of thiazole rings is 1. The second kappa shape index (κ2) is 4.75. The summed E-state index contributed by atoms with van der Waals surface area (Å²) < 4.78 is 14.3. The van der Waals surface area contributed by atoms with Crippen molar-refractivity contribution in [3.63, 3.8) is 0 Å². The summed E-state index contributed by atoms with van der Waals surface area (Å²) in [6.07, 6.45) is 2.03. The Labute approximate surface area is 142 Å². The van der Waals surface area contributed by atoms with Gasteiger partial charge in [-0.2, -0.15) is 0 Å². The van der Waals surface area contributed by atoms with Crippen LogP contribution in [0.3, 0.4) is 0 Å². The summed E-state index contributed by atoms with van der Waals surface area (Å²) in [5.41, 5.74) is 2.39. The van der Waals surface area contributed by atoms with Crippen molar-refractivity contribution in [2.75, 3.05) is 11.4 Å². The standard InChI is InChI=1S/C17H17FN4OS/c1-9-6-13(20-11-7-19-15(23)14(9)11)22-5-2-10-12(8-22)24-16(21-10)17(18)3-4-17/h6H,2-5,7-8H2,1H3,(H,19,23). The minimum atomic E-state index is -1.15. The number of aryl methyl sites for hydroxylation is 1. The molecule has 1 saturated carbocycles. The van der Waals surface area contributed by atoms with Gasteiger partial charge in [0.2, 0.25) is 0 Å². The molecule has 1 amide bonds. The quantitative estimate of drug-likeness (QED) is 0.910. The van der Waals surface area contributed by atoms with Crippen LogP contribution in [0.5, 0.6) is 0 Å². The Hall–Kier alpha value is -2.02. The number of carbonyl (C=O) groups excluding carboxylic acids is 1. The lowest BCUT2D eigenvalue weighted by Crippen LogP contribution is -2.30. The number of amides is 1. The first-order valence-electron chi connectivity index (χ1n) is 8.25. The number of nitrogens with one attached hydrogen (secondary N) is 1. The Bertz CT molecular complexity index is 874. The molecular formula is C17H17FN4OS. The molecule has 1 fully saturated rings. The van der Waals surface area contributed by atoms with Crippen molar-refractivity contribution in [2.45, 2.75) is 44.9 Å². The van der Waals surface area contributed by atoms with E-state index in [0.717, 1.165) is 47.2 Å². The molecule has 0 bridgehead atoms. The van der Waals surface area contributed by atoms with Crippen LogP contribution in [0.25, 0.3) is 0 Å². The predicted molar refractivity (Wildman–Crippen MR) is 89.0 cm³/mol. The van der Waals surface area contributed by atoms with Gasteiger partial charge in [-0.3, -0.25) is 4.79 Å². The average Bonchev–Trinajstić information content (AvgIpc) is 3.01. The van der Waals surface area contributed by atoms with E-state index in [0.29, 0.717) is 30.0 Å². The van der Waals surface area contributed by atoms with E-state index in [2.05, 4.69) is 20.2 Å². The summed E-state index contributed by atoms with van der Waals surface area (Å²) in [5.74, 6) is 0.858. The molecule has 2 aliphatic heterocycles. The summed E-state index contributed by atoms with van der Waals surface area (Å²) >= 11 is 1.51. The van der Waals surface area contributed by atoms with Gasteiger partial charge in [0.05, 0.1) is 30.0 Å². The molecule has 4 heterocycles. The highest BCUT2D eigenvalue weighted by molar-refractivity contribution is 7.12. The van der Waals surface area contributed by atoms with Crippen LogP contribution < -0.4 is 10.2 Å². The van der Waals surface area contributed by atoms with Crippen LogP contribution in [-0.2, 0) is 25.2 Å². The first kappa shape index (κ1) is 14.3. The van der Waals surface area contributed by atoms with Crippen molar-refractivity contribution in [1.82, 2.24) is 15.3 Å². The molecule has 0 spiro atoms. The molecule has 7 heteroatoms. The Morgan fingerprint density at radius 2 is 2.17 bits per heavy atom. The number of carbonyl (C=O) groups is 1. The number of hydrogen-bond acceptors (Lipinski definition) is 5. The molecule has 0 radical (unpaired) electrons. The highest BCUT2D eigenvalue weighted by Gasteiger charge is 2.48. The largest absolute Gasteiger partial charge is 0.351 e. The second-order valence-corrected chi connectivity index (χ2v) is 7.91. The highest BCUT2D eigenvalue weighted by Crippen LogP contribution is 2.51. The van der Waals surface area contributed by atoms with Crippen molar-refractivity contribution in [2.24, 2.45) is 0 Å². The molecule has 3 aliphatic rings. The molecule has 0 aromatic carbocycles. The zero-order chi connectivity index (χ0) is 16.5. The smallest absolute Gasteiger partial charge is 0.253 e. The minimum absolute atomic E-state index is 0.0349. The Morgan fingerprint density at radius 1 is 1.33 bits per heavy atom. The monoisotopic (exact) mass is 344 g/mol. The lowest BCUT2D eigenvalue weighted by atomic mass is 10.1. The number of rotatable bonds is 2. The van der Waals surface area contributed by atoms with Crippen LogP contribution in [-0.4, -0.2) is 22.4 Å². The Kier molecular flexibility index (Phi) is 2.84. The number of alkyl halides is 1. The number of pyridine rings is 1. The minimum Gasteiger partial charge on any atom is -0.351 e. The summed E-state index contributed by atoms with van der Waals surface area (Å²) in [6.45, 7) is 3.99. The maximum atomic E-state index is 14.3. The van der Waals surface area contributed by atoms with Crippen molar-refractivity contribution in [3.05, 3.63) is 38.5 Å². The van der Waals surface area contributed by atoms with Crippen LogP contribution in [0.4, 0.5) is 10.2 Å². The lowest BCUT2D eigenvalue weighted by Gasteiger charge is -2.27. The van der Waals surface area contributed by atoms with E-state index in [1.54, 1.807) is 0 Å². The number of hydrogen-bond donors (Lipinski definition) is 1. The molecule has 24 heavy (non-hydrogen) atoms. The summed E-state index contributed by atoms with van der Waals surface area (Å²) in [4.78, 5) is 24.4. The van der Waals surface area contributed by atoms with Crippen molar-refractivity contribution in [1.29, 1.82) is 0 Å². The average molecular weight is 344 g/mol. The number of fused-ring (bicyclic) bond motifs is 2. The second-order valence-electron chi connectivity index (χ2n) is 6.83. The van der Waals surface area contributed by atoms with Crippen LogP contribution >= 0.6 is 11.3 Å². The topological polar surface area (TPSA) is 58.1 Å². The SMILES string of the molecule is Cc1cc(N2CCc3nc(C4(F)CC4)sc3C2)nc2c1C(=O)NC2. The molecule has 0 unspecified atom stereocenters. The summed E-state index contributed by atoms with van der Waals surface area (Å²) in [5, 5.41) is 3.48. The Balaban J connectivity index is 1.46. The maximum absolute atomic E-state index is 14.3. The third-order valence-corrected chi connectivity index (χ3v) is 6.31. The maximum Gasteiger partial charge on any atom is 0.253 e. The van der Waals surface area contributed by atoms with Crippen molar-refractivity contribution in [3.8, 4) is 0 Å². The van der Waals surface area contributed by atoms with E-state index in [4.69, 9.17) is 0 Å². The van der Waals surface area contributed by atoms with Gasteiger partial charge < -0.3 is 10.2 Å². The van der Waals surface area contributed by atoms with E-state index < -0.39 is 5.67 Å². The van der Waals surface area contributed by atoms with Gasteiger partial charge in [-0.15, -0.1) is 11.3 Å². The number of nitrogens with zero attached hydrogens (tertiary/aromatic N) is 3. The molecule has 1 N–H and O–H groups in total. The van der Waals surface area contributed by atoms with Gasteiger partial charge in [0, 0.05) is 17.8 Å². The Morgan fingerprint density at radius 3 is 2.96 bits per heavy atom. The van der Waals surface area contributed by atoms with Gasteiger partial charge in [0.15, 0.2) is 5.67 Å². The molecule has 124 valence electrons. The number of halogens is 1. The van der Waals surface area contributed by atoms with E-state index in [-0.39, 0.29) is 5.91 Å². The van der Waals surface area contributed by atoms with Crippen LogP contribution in [0.15, 0.2) is 6.07 Å². The molecule has 5 nitrogen and oxygen atoms in total. The fourth-order valence-electron chi connectivity index (χ4n) is 3.48. The van der Waals surface area contributed by atoms with Gasteiger partial charge in [0.25, 0.3) is 5.91 Å². The zero-order valence-corrected chi connectivity index (χ0v) is 14.2. The molecule has 5 rings (SSSR count). The number of anilines is 1. The van der Waals surface area contributed by atoms with Gasteiger partial charge in [0.1, 0.15) is 10.8 Å². The van der Waals surface area contributed by atoms with E-state index >= 15 is 0 Å². The zero-order valence-electron chi connectivity index (χ0n) is 13.4. The molecular weight excluding hydrogens is 327 g/mol. The first-order chi connectivity index (χ1) is 11.5.